The number of hydrogen-bond donors (Lipinski definition) is 0. The normalized spacial score (nSPS) is 34.5. The maximum Gasteiger partial charge on any atom is 4.00 e. The van der Waals surface area contributed by atoms with E-state index in [1.54, 1.807) is 0 Å². The zero-order chi connectivity index (χ0) is 99.3. The third-order valence-electron chi connectivity index (χ3n) is 41.4. The van der Waals surface area contributed by atoms with Gasteiger partial charge in [-0.3, -0.25) is 9.80 Å². The summed E-state index contributed by atoms with van der Waals surface area (Å²) in [5, 5.41) is 90.0. The van der Waals surface area contributed by atoms with Crippen molar-refractivity contribution >= 4 is 51.0 Å². The van der Waals surface area contributed by atoms with Crippen molar-refractivity contribution in [3.63, 3.8) is 0 Å². The van der Waals surface area contributed by atoms with Crippen molar-refractivity contribution in [3.8, 4) is 34.5 Å². The van der Waals surface area contributed by atoms with Crippen molar-refractivity contribution in [3.05, 3.63) is 245 Å². The number of aryl methyl sites for hydroxylation is 8. The van der Waals surface area contributed by atoms with Gasteiger partial charge in [0, 0.05) is 65.7 Å². The minimum atomic E-state index is 0. The van der Waals surface area contributed by atoms with Crippen LogP contribution in [0, 0.1) is 224 Å². The minimum absolute atomic E-state index is 0. The van der Waals surface area contributed by atoms with E-state index in [0.717, 1.165) is 222 Å². The van der Waals surface area contributed by atoms with Crippen LogP contribution < -0.4 is 30.6 Å². The molecule has 0 atom stereocenters. The van der Waals surface area contributed by atoms with Crippen molar-refractivity contribution in [1.82, 2.24) is 9.80 Å². The summed E-state index contributed by atoms with van der Waals surface area (Å²) in [6.45, 7) is 24.0. The number of hydrogen-bond acceptors (Lipinski definition) is 10. The molecule has 2 heterocycles. The fourth-order valence-electron chi connectivity index (χ4n) is 38.7. The Morgan fingerprint density at radius 1 is 0.226 bits per heavy atom. The van der Waals surface area contributed by atoms with Crippen LogP contribution in [0.25, 0.3) is 0 Å². The molecule has 16 heteroatoms. The Labute approximate surface area is 949 Å². The van der Waals surface area contributed by atoms with Gasteiger partial charge in [0.15, 0.2) is 0 Å². The number of ether oxygens (including phenoxy) is 2. The average molecular weight is 2670 g/mol. The van der Waals surface area contributed by atoms with E-state index >= 15 is 0 Å². The molecule has 0 N–H and O–H groups in total. The smallest absolute Gasteiger partial charge is 4.00 e. The van der Waals surface area contributed by atoms with E-state index < -0.39 is 0 Å². The van der Waals surface area contributed by atoms with Crippen molar-refractivity contribution in [2.75, 3.05) is 26.4 Å². The molecule has 10 nitrogen and oxygen atoms in total. The molecule has 34 rings (SSSR count). The first-order valence-corrected chi connectivity index (χ1v) is 70.6. The number of benzene rings is 8. The predicted octanol–water partition coefficient (Wildman–Crippen LogP) is 24.9. The van der Waals surface area contributed by atoms with Crippen LogP contribution in [-0.4, -0.2) is 87.2 Å². The number of rotatable bonds is 19. The van der Waals surface area contributed by atoms with E-state index in [-0.39, 0.29) is 129 Å². The quantitative estimate of drug-likeness (QED) is 0.0712. The third kappa shape index (κ3) is 23.5. The molecule has 26 fully saturated rings. The van der Waals surface area contributed by atoms with Crippen LogP contribution in [0.2, 0.25) is 0 Å². The van der Waals surface area contributed by atoms with Gasteiger partial charge in [-0.1, -0.05) is 178 Å². The van der Waals surface area contributed by atoms with E-state index in [1.165, 1.54) is 301 Å². The van der Waals surface area contributed by atoms with Gasteiger partial charge in [0.1, 0.15) is 0 Å². The van der Waals surface area contributed by atoms with Gasteiger partial charge in [-0.05, 0) is 518 Å². The summed E-state index contributed by atoms with van der Waals surface area (Å²) in [6.07, 6.45) is 50.7. The van der Waals surface area contributed by atoms with Crippen LogP contribution in [0.4, 0.5) is 0 Å². The predicted molar refractivity (Wildman–Crippen MR) is 574 cm³/mol. The SMILES string of the molecule is C1CCOC1.C1CCOC1.Cc1cc(CN(Cc2cc(C)cc(C34CC5CC(CC(C5)C3)C4)c2[O-])Cc2cc(C)cc(C34CC5CC(CC(C5)C3)C4)c2[O-])c([O-])c(C23CC4CC(CC(C4)C2)C3)c1.Cc1cc(CN(Cc2cc(C)cc(C34CC5CC(CC(C5)C3)C4)c2[O-])Cc2cc(C)cc(C34CC5CC(CC(C5)C3)C4)c2[O-])c([O-])c(C23CC4CC(CC(C4)C2)C3)c1.Cc1ccccc1.Cc1ccccc1.[Se-][Se][Se][Se-].[U+4].[U+4]. The molecule has 146 heavy (non-hydrogen) atoms. The van der Waals surface area contributed by atoms with E-state index in [9.17, 15) is 30.6 Å². The molecule has 0 unspecified atom stereocenters. The van der Waals surface area contributed by atoms with Crippen molar-refractivity contribution in [2.45, 2.75) is 384 Å². The van der Waals surface area contributed by atoms with Crippen LogP contribution in [0.15, 0.2) is 133 Å². The maximum atomic E-state index is 15.0. The largest absolute Gasteiger partial charge is 4.00 e. The molecule has 8 aromatic carbocycles. The molecule has 0 spiro atoms. The van der Waals surface area contributed by atoms with E-state index in [4.69, 9.17) is 9.47 Å². The molecular formula is C130H164N2O8Se4U2. The zero-order valence-electron chi connectivity index (χ0n) is 89.2. The van der Waals surface area contributed by atoms with Gasteiger partial charge in [-0.2, -0.15) is 0 Å². The Morgan fingerprint density at radius 2 is 0.363 bits per heavy atom. The van der Waals surface area contributed by atoms with Crippen molar-refractivity contribution in [2.24, 2.45) is 107 Å². The van der Waals surface area contributed by atoms with Crippen molar-refractivity contribution < 1.29 is 102 Å². The number of nitrogens with zero attached hydrogens (tertiary/aromatic N) is 2. The third-order valence-corrected chi connectivity index (χ3v) is 61.7. The summed E-state index contributed by atoms with van der Waals surface area (Å²) >= 11 is 7.50. The summed E-state index contributed by atoms with van der Waals surface area (Å²) in [6, 6.07) is 46.9. The molecule has 24 bridgehead atoms. The zero-order valence-corrected chi connectivity index (χ0v) is 104. The summed E-state index contributed by atoms with van der Waals surface area (Å²) < 4.78 is 9.89. The summed E-state index contributed by atoms with van der Waals surface area (Å²) in [5.74, 6) is 15.3. The Hall–Kier alpha value is -3.42. The molecule has 26 aliphatic rings. The molecule has 0 amide bonds. The van der Waals surface area contributed by atoms with Crippen LogP contribution in [-0.2, 0) is 81.2 Å². The van der Waals surface area contributed by atoms with E-state index in [0.29, 0.717) is 39.3 Å². The van der Waals surface area contributed by atoms with Crippen molar-refractivity contribution in [1.29, 1.82) is 0 Å². The molecule has 8 aromatic rings. The summed E-state index contributed by atoms with van der Waals surface area (Å²) in [7, 11) is 0. The summed E-state index contributed by atoms with van der Waals surface area (Å²) in [5.41, 5.74) is 21.4. The molecule has 24 saturated carbocycles. The van der Waals surface area contributed by atoms with E-state index in [1.807, 2.05) is 36.4 Å². The first-order valence-electron chi connectivity index (χ1n) is 57.6. The fraction of sp³-hybridized carbons (Fsp3) is 0.631. The second kappa shape index (κ2) is 46.0. The first-order chi connectivity index (χ1) is 69.5. The molecule has 2 aliphatic heterocycles. The van der Waals surface area contributed by atoms with Gasteiger partial charge >= 0.3 is 113 Å². The van der Waals surface area contributed by atoms with Crippen LogP contribution in [0.1, 0.15) is 368 Å². The first kappa shape index (κ1) is 109. The van der Waals surface area contributed by atoms with Gasteiger partial charge in [-0.15, -0.1) is 34.5 Å². The molecule has 0 aromatic heterocycles. The maximum absolute atomic E-state index is 15.0. The minimum Gasteiger partial charge on any atom is 4.00 e. The molecule has 0 radical (unpaired) electrons. The Bertz CT molecular complexity index is 4830. The van der Waals surface area contributed by atoms with Crippen LogP contribution in [0.5, 0.6) is 34.5 Å². The van der Waals surface area contributed by atoms with Crippen LogP contribution >= 0.6 is 0 Å². The molecular weight excluding hydrogens is 2510 g/mol. The monoisotopic (exact) mass is 2680 g/mol. The molecule has 24 aliphatic carbocycles. The molecule has 2 saturated heterocycles. The van der Waals surface area contributed by atoms with E-state index in [2.05, 4.69) is 191 Å². The standard InChI is InChI=1S/2C54H69NO3.2C7H8.2C4H8O.H2Se4.2U/c2*1-31-4-43(49(56)46(7-31)52-19-34-10-35(20-52)12-36(11-34)21-52)28-55(29-44-5-32(2)8-47(50(44)57)53-22-37-13-38(23-53)15-39(14-37)24-53)30-45-6-33(3)9-48(51(45)58)54-25-40-16-41(26-54)18-42(17-40)27-54;2*1-7-5-3-2-4-6-7;2*1-2-4-5-3-1;1-3-4-2;;/h2*4-9,34-42,56-58H,10-30H2,1-3H3;2*2-6H,1H3;2*1-4H2;1-2H;;/q;;;;;;;2*+4/p-8. The Balaban J connectivity index is 0.000000138. The second-order valence-corrected chi connectivity index (χ2v) is 72.3. The van der Waals surface area contributed by atoms with Gasteiger partial charge in [0.2, 0.25) is 0 Å². The average Bonchev–Trinajstić information content (AvgIpc) is 0.871. The Morgan fingerprint density at radius 3 is 0.466 bits per heavy atom. The van der Waals surface area contributed by atoms with Gasteiger partial charge in [0.25, 0.3) is 0 Å². The molecule has 774 valence electrons. The second-order valence-electron chi connectivity index (χ2n) is 53.4. The fourth-order valence-corrected chi connectivity index (χ4v) is 38.7. The topological polar surface area (TPSA) is 163 Å². The summed E-state index contributed by atoms with van der Waals surface area (Å²) in [4.78, 5) is 4.66. The van der Waals surface area contributed by atoms with Gasteiger partial charge in [-0.25, -0.2) is 0 Å². The van der Waals surface area contributed by atoms with Gasteiger partial charge in [0.05, 0.1) is 0 Å². The van der Waals surface area contributed by atoms with Gasteiger partial charge < -0.3 is 40.1 Å². The van der Waals surface area contributed by atoms with Crippen LogP contribution in [0.3, 0.4) is 0 Å². The Kier molecular flexibility index (Phi) is 34.5.